The molecule has 0 aliphatic heterocycles. The second kappa shape index (κ2) is 4.78. The first kappa shape index (κ1) is 11.8. The smallest absolute Gasteiger partial charge is 0.250 e. The maximum atomic E-state index is 11.7. The van der Waals surface area contributed by atoms with Gasteiger partial charge in [0, 0.05) is 11.5 Å². The summed E-state index contributed by atoms with van der Waals surface area (Å²) in [5.74, 6) is 0. The minimum absolute atomic E-state index is 0.145. The summed E-state index contributed by atoms with van der Waals surface area (Å²) in [5.41, 5.74) is 2.17. The van der Waals surface area contributed by atoms with Gasteiger partial charge in [-0.2, -0.15) is 0 Å². The summed E-state index contributed by atoms with van der Waals surface area (Å²) in [7, 11) is 0. The summed E-state index contributed by atoms with van der Waals surface area (Å²) in [4.78, 5) is 14.5. The maximum absolute atomic E-state index is 11.7. The number of hydrogen-bond acceptors (Lipinski definition) is 2. The number of halogens is 1. The van der Waals surface area contributed by atoms with Crippen LogP contribution in [0.1, 0.15) is 0 Å². The standard InChI is InChI=1S/C15H11ClN2O/c16-11-6-2-4-8-13(11)17-14-9-15(19)18-12-7-3-1-5-10(12)14/h1-9H,(H2,17,18,19). The summed E-state index contributed by atoms with van der Waals surface area (Å²) < 4.78 is 0. The lowest BCUT2D eigenvalue weighted by atomic mass is 10.2. The number of aromatic amines is 1. The Morgan fingerprint density at radius 3 is 2.53 bits per heavy atom. The van der Waals surface area contributed by atoms with Crippen LogP contribution >= 0.6 is 11.6 Å². The van der Waals surface area contributed by atoms with E-state index in [1.807, 2.05) is 42.5 Å². The molecule has 0 saturated heterocycles. The Morgan fingerprint density at radius 1 is 0.947 bits per heavy atom. The summed E-state index contributed by atoms with van der Waals surface area (Å²) in [6, 6.07) is 16.6. The van der Waals surface area contributed by atoms with Gasteiger partial charge in [-0.05, 0) is 18.2 Å². The van der Waals surface area contributed by atoms with E-state index in [9.17, 15) is 4.79 Å². The fraction of sp³-hybridized carbons (Fsp3) is 0. The molecule has 0 spiro atoms. The lowest BCUT2D eigenvalue weighted by molar-refractivity contribution is 1.30. The van der Waals surface area contributed by atoms with Crippen molar-refractivity contribution in [3.63, 3.8) is 0 Å². The van der Waals surface area contributed by atoms with Gasteiger partial charge in [-0.25, -0.2) is 0 Å². The van der Waals surface area contributed by atoms with Gasteiger partial charge in [0.05, 0.1) is 21.9 Å². The van der Waals surface area contributed by atoms with E-state index in [1.54, 1.807) is 6.07 Å². The van der Waals surface area contributed by atoms with Gasteiger partial charge in [0.25, 0.3) is 0 Å². The summed E-state index contributed by atoms with van der Waals surface area (Å²) in [5, 5.41) is 4.77. The largest absolute Gasteiger partial charge is 0.354 e. The Labute approximate surface area is 114 Å². The monoisotopic (exact) mass is 270 g/mol. The number of nitrogens with one attached hydrogen (secondary N) is 2. The fourth-order valence-corrected chi connectivity index (χ4v) is 2.20. The van der Waals surface area contributed by atoms with Crippen molar-refractivity contribution in [1.82, 2.24) is 4.98 Å². The SMILES string of the molecule is O=c1cc(Nc2ccccc2Cl)c2ccccc2[nH]1. The van der Waals surface area contributed by atoms with E-state index >= 15 is 0 Å². The first-order valence-corrected chi connectivity index (χ1v) is 6.25. The maximum Gasteiger partial charge on any atom is 0.250 e. The third-order valence-corrected chi connectivity index (χ3v) is 3.22. The van der Waals surface area contributed by atoms with Crippen LogP contribution in [0.15, 0.2) is 59.4 Å². The second-order valence-electron chi connectivity index (χ2n) is 4.20. The lowest BCUT2D eigenvalue weighted by Gasteiger charge is -2.10. The van der Waals surface area contributed by atoms with Crippen LogP contribution in [0.3, 0.4) is 0 Å². The van der Waals surface area contributed by atoms with Crippen molar-refractivity contribution < 1.29 is 0 Å². The van der Waals surface area contributed by atoms with Crippen LogP contribution < -0.4 is 10.9 Å². The van der Waals surface area contributed by atoms with Crippen LogP contribution in [-0.4, -0.2) is 4.98 Å². The minimum Gasteiger partial charge on any atom is -0.354 e. The number of pyridine rings is 1. The molecule has 0 amide bonds. The number of hydrogen-bond donors (Lipinski definition) is 2. The number of H-pyrrole nitrogens is 1. The van der Waals surface area contributed by atoms with Crippen molar-refractivity contribution >= 4 is 33.9 Å². The molecule has 0 atom stereocenters. The third-order valence-electron chi connectivity index (χ3n) is 2.89. The second-order valence-corrected chi connectivity index (χ2v) is 4.60. The third kappa shape index (κ3) is 2.33. The molecule has 0 unspecified atom stereocenters. The van der Waals surface area contributed by atoms with Crippen molar-refractivity contribution in [2.45, 2.75) is 0 Å². The average Bonchev–Trinajstić information content (AvgIpc) is 2.41. The molecule has 94 valence electrons. The molecular weight excluding hydrogens is 260 g/mol. The quantitative estimate of drug-likeness (QED) is 0.741. The average molecular weight is 271 g/mol. The van der Waals surface area contributed by atoms with Gasteiger partial charge in [0.15, 0.2) is 0 Å². The normalized spacial score (nSPS) is 10.6. The van der Waals surface area contributed by atoms with Gasteiger partial charge >= 0.3 is 0 Å². The van der Waals surface area contributed by atoms with E-state index in [0.717, 1.165) is 22.3 Å². The number of fused-ring (bicyclic) bond motifs is 1. The van der Waals surface area contributed by atoms with Crippen LogP contribution in [0.25, 0.3) is 10.9 Å². The van der Waals surface area contributed by atoms with Gasteiger partial charge in [0.2, 0.25) is 5.56 Å². The van der Waals surface area contributed by atoms with Crippen molar-refractivity contribution in [2.24, 2.45) is 0 Å². The van der Waals surface area contributed by atoms with Crippen molar-refractivity contribution in [3.8, 4) is 0 Å². The van der Waals surface area contributed by atoms with E-state index < -0.39 is 0 Å². The van der Waals surface area contributed by atoms with Crippen LogP contribution in [0.5, 0.6) is 0 Å². The van der Waals surface area contributed by atoms with E-state index in [2.05, 4.69) is 10.3 Å². The van der Waals surface area contributed by atoms with Gasteiger partial charge in [-0.1, -0.05) is 41.9 Å². The fourth-order valence-electron chi connectivity index (χ4n) is 2.02. The Hall–Kier alpha value is -2.26. The first-order valence-electron chi connectivity index (χ1n) is 5.88. The van der Waals surface area contributed by atoms with E-state index in [0.29, 0.717) is 5.02 Å². The minimum atomic E-state index is -0.145. The predicted octanol–water partition coefficient (Wildman–Crippen LogP) is 3.93. The molecule has 1 heterocycles. The molecular formula is C15H11ClN2O. The van der Waals surface area contributed by atoms with Crippen molar-refractivity contribution in [2.75, 3.05) is 5.32 Å². The summed E-state index contributed by atoms with van der Waals surface area (Å²) >= 11 is 6.12. The number of benzene rings is 2. The number of para-hydroxylation sites is 2. The van der Waals surface area contributed by atoms with Crippen LogP contribution in [0, 0.1) is 0 Å². The summed E-state index contributed by atoms with van der Waals surface area (Å²) in [6.07, 6.45) is 0. The van der Waals surface area contributed by atoms with Gasteiger partial charge < -0.3 is 10.3 Å². The Morgan fingerprint density at radius 2 is 1.68 bits per heavy atom. The highest BCUT2D eigenvalue weighted by molar-refractivity contribution is 6.33. The van der Waals surface area contributed by atoms with E-state index in [-0.39, 0.29) is 5.56 Å². The highest BCUT2D eigenvalue weighted by atomic mass is 35.5. The number of aromatic nitrogens is 1. The molecule has 0 fully saturated rings. The van der Waals surface area contributed by atoms with Crippen LogP contribution in [-0.2, 0) is 0 Å². The molecule has 3 rings (SSSR count). The molecule has 1 aromatic heterocycles. The summed E-state index contributed by atoms with van der Waals surface area (Å²) in [6.45, 7) is 0. The Kier molecular flexibility index (Phi) is 2.97. The van der Waals surface area contributed by atoms with Gasteiger partial charge in [-0.15, -0.1) is 0 Å². The molecule has 0 saturated carbocycles. The number of anilines is 2. The molecule has 2 aromatic carbocycles. The topological polar surface area (TPSA) is 44.9 Å². The van der Waals surface area contributed by atoms with E-state index in [1.165, 1.54) is 6.07 Å². The molecule has 2 N–H and O–H groups in total. The highest BCUT2D eigenvalue weighted by Gasteiger charge is 2.05. The zero-order valence-electron chi connectivity index (χ0n) is 9.98. The zero-order valence-corrected chi connectivity index (χ0v) is 10.7. The molecule has 0 aliphatic carbocycles. The number of rotatable bonds is 2. The van der Waals surface area contributed by atoms with E-state index in [4.69, 9.17) is 11.6 Å². The molecule has 3 nitrogen and oxygen atoms in total. The highest BCUT2D eigenvalue weighted by Crippen LogP contribution is 2.27. The Balaban J connectivity index is 2.15. The molecule has 0 bridgehead atoms. The molecule has 4 heteroatoms. The van der Waals surface area contributed by atoms with Crippen LogP contribution in [0.2, 0.25) is 5.02 Å². The van der Waals surface area contributed by atoms with Crippen molar-refractivity contribution in [3.05, 3.63) is 70.0 Å². The van der Waals surface area contributed by atoms with Gasteiger partial charge in [-0.3, -0.25) is 4.79 Å². The Bertz CT molecular complexity index is 795. The predicted molar refractivity (Wildman–Crippen MR) is 79.3 cm³/mol. The molecule has 19 heavy (non-hydrogen) atoms. The lowest BCUT2D eigenvalue weighted by Crippen LogP contribution is -2.06. The molecule has 3 aromatic rings. The first-order chi connectivity index (χ1) is 9.24. The van der Waals surface area contributed by atoms with Crippen molar-refractivity contribution in [1.29, 1.82) is 0 Å². The zero-order chi connectivity index (χ0) is 13.2. The van der Waals surface area contributed by atoms with Crippen LogP contribution in [0.4, 0.5) is 11.4 Å². The molecule has 0 radical (unpaired) electrons. The molecule has 0 aliphatic rings. The van der Waals surface area contributed by atoms with Gasteiger partial charge in [0.1, 0.15) is 0 Å².